The lowest BCUT2D eigenvalue weighted by Gasteiger charge is -2.08. The van der Waals surface area contributed by atoms with Gasteiger partial charge in [-0.15, -0.1) is 11.3 Å². The highest BCUT2D eigenvalue weighted by molar-refractivity contribution is 7.18. The van der Waals surface area contributed by atoms with Gasteiger partial charge in [-0.1, -0.05) is 25.0 Å². The Hall–Kier alpha value is -1.42. The summed E-state index contributed by atoms with van der Waals surface area (Å²) in [7, 11) is 0. The van der Waals surface area contributed by atoms with Crippen molar-refractivity contribution < 1.29 is 4.79 Å². The lowest BCUT2D eigenvalue weighted by molar-refractivity contribution is -0.121. The van der Waals surface area contributed by atoms with Crippen molar-refractivity contribution >= 4 is 27.5 Å². The molecule has 1 aliphatic rings. The normalized spacial score (nSPS) is 15.8. The summed E-state index contributed by atoms with van der Waals surface area (Å²) in [6.45, 7) is 0.700. The highest BCUT2D eigenvalue weighted by Gasteiger charge is 2.18. The molecule has 0 radical (unpaired) electrons. The molecule has 0 aliphatic heterocycles. The van der Waals surface area contributed by atoms with Gasteiger partial charge < -0.3 is 5.32 Å². The monoisotopic (exact) mass is 288 g/mol. The van der Waals surface area contributed by atoms with Crippen LogP contribution in [0.1, 0.15) is 37.1 Å². The lowest BCUT2D eigenvalue weighted by atomic mass is 10.0. The molecule has 1 aromatic carbocycles. The Morgan fingerprint density at radius 2 is 2.10 bits per heavy atom. The van der Waals surface area contributed by atoms with Gasteiger partial charge in [0.25, 0.3) is 0 Å². The van der Waals surface area contributed by atoms with E-state index in [0.717, 1.165) is 16.9 Å². The number of aromatic nitrogens is 1. The first-order chi connectivity index (χ1) is 9.81. The Morgan fingerprint density at radius 1 is 1.30 bits per heavy atom. The Balaban J connectivity index is 1.45. The molecule has 0 saturated heterocycles. The number of fused-ring (bicyclic) bond motifs is 1. The number of carbonyl (C=O) groups excluding carboxylic acids is 1. The summed E-state index contributed by atoms with van der Waals surface area (Å²) >= 11 is 1.72. The number of amides is 1. The van der Waals surface area contributed by atoms with Gasteiger partial charge in [-0.25, -0.2) is 4.98 Å². The summed E-state index contributed by atoms with van der Waals surface area (Å²) in [5.74, 6) is 0.829. The molecular weight excluding hydrogens is 268 g/mol. The number of benzene rings is 1. The molecular formula is C16H20N2OS. The van der Waals surface area contributed by atoms with Crippen molar-refractivity contribution in [3.05, 3.63) is 29.3 Å². The van der Waals surface area contributed by atoms with Crippen LogP contribution in [0.2, 0.25) is 0 Å². The number of hydrogen-bond acceptors (Lipinski definition) is 3. The van der Waals surface area contributed by atoms with Crippen LogP contribution in [-0.4, -0.2) is 17.4 Å². The van der Waals surface area contributed by atoms with E-state index in [2.05, 4.69) is 16.4 Å². The minimum absolute atomic E-state index is 0.206. The van der Waals surface area contributed by atoms with Gasteiger partial charge in [-0.3, -0.25) is 4.79 Å². The molecule has 0 unspecified atom stereocenters. The third-order valence-electron chi connectivity index (χ3n) is 3.95. The van der Waals surface area contributed by atoms with Gasteiger partial charge in [-0.2, -0.15) is 0 Å². The van der Waals surface area contributed by atoms with Crippen molar-refractivity contribution in [2.45, 2.75) is 38.5 Å². The molecule has 2 aromatic rings. The zero-order valence-corrected chi connectivity index (χ0v) is 12.4. The fourth-order valence-electron chi connectivity index (χ4n) is 2.88. The van der Waals surface area contributed by atoms with Crippen LogP contribution in [0.5, 0.6) is 0 Å². The Kier molecular flexibility index (Phi) is 4.31. The van der Waals surface area contributed by atoms with Crippen LogP contribution in [0.4, 0.5) is 0 Å². The number of carbonyl (C=O) groups is 1. The third kappa shape index (κ3) is 3.37. The lowest BCUT2D eigenvalue weighted by Crippen LogP contribution is -2.27. The summed E-state index contributed by atoms with van der Waals surface area (Å²) in [6, 6.07) is 8.17. The van der Waals surface area contributed by atoms with Crippen molar-refractivity contribution in [1.29, 1.82) is 0 Å². The maximum absolute atomic E-state index is 11.8. The van der Waals surface area contributed by atoms with Crippen LogP contribution in [0.25, 0.3) is 10.2 Å². The molecule has 0 bridgehead atoms. The zero-order valence-electron chi connectivity index (χ0n) is 11.6. The number of thiazole rings is 1. The van der Waals surface area contributed by atoms with Gasteiger partial charge in [0.1, 0.15) is 0 Å². The molecule has 4 heteroatoms. The second kappa shape index (κ2) is 6.35. The van der Waals surface area contributed by atoms with Gasteiger partial charge in [0.05, 0.1) is 15.2 Å². The Bertz CT molecular complexity index is 554. The van der Waals surface area contributed by atoms with Crippen LogP contribution in [0.15, 0.2) is 24.3 Å². The van der Waals surface area contributed by atoms with E-state index < -0.39 is 0 Å². The van der Waals surface area contributed by atoms with E-state index in [0.29, 0.717) is 18.9 Å². The second-order valence-electron chi connectivity index (χ2n) is 5.53. The van der Waals surface area contributed by atoms with E-state index in [4.69, 9.17) is 0 Å². The van der Waals surface area contributed by atoms with E-state index in [1.807, 2.05) is 18.2 Å². The molecule has 3 nitrogen and oxygen atoms in total. The standard InChI is InChI=1S/C16H20N2OS/c19-15(11-12-5-1-2-6-12)17-10-9-16-18-13-7-3-4-8-14(13)20-16/h3-4,7-8,12H,1-2,5-6,9-11H2,(H,17,19). The van der Waals surface area contributed by atoms with Gasteiger partial charge in [-0.05, 0) is 30.9 Å². The van der Waals surface area contributed by atoms with Crippen LogP contribution >= 0.6 is 11.3 Å². The van der Waals surface area contributed by atoms with Crippen LogP contribution in [-0.2, 0) is 11.2 Å². The number of rotatable bonds is 5. The largest absolute Gasteiger partial charge is 0.356 e. The highest BCUT2D eigenvalue weighted by Crippen LogP contribution is 2.27. The van der Waals surface area contributed by atoms with Crippen LogP contribution in [0.3, 0.4) is 0 Å². The summed E-state index contributed by atoms with van der Waals surface area (Å²) in [6.07, 6.45) is 6.58. The predicted molar refractivity (Wildman–Crippen MR) is 82.9 cm³/mol. The molecule has 1 amide bonds. The van der Waals surface area contributed by atoms with Gasteiger partial charge in [0, 0.05) is 19.4 Å². The SMILES string of the molecule is O=C(CC1CCCC1)NCCc1nc2ccccc2s1. The second-order valence-corrected chi connectivity index (χ2v) is 6.65. The first-order valence-electron chi connectivity index (χ1n) is 7.42. The maximum Gasteiger partial charge on any atom is 0.220 e. The van der Waals surface area contributed by atoms with Gasteiger partial charge in [0.2, 0.25) is 5.91 Å². The quantitative estimate of drug-likeness (QED) is 0.914. The fraction of sp³-hybridized carbons (Fsp3) is 0.500. The summed E-state index contributed by atoms with van der Waals surface area (Å²) in [5.41, 5.74) is 1.06. The molecule has 1 heterocycles. The first-order valence-corrected chi connectivity index (χ1v) is 8.24. The third-order valence-corrected chi connectivity index (χ3v) is 5.04. The molecule has 106 valence electrons. The average molecular weight is 288 g/mol. The van der Waals surface area contributed by atoms with Gasteiger partial charge >= 0.3 is 0 Å². The van der Waals surface area contributed by atoms with Crippen molar-refractivity contribution in [2.75, 3.05) is 6.54 Å². The number of nitrogens with zero attached hydrogens (tertiary/aromatic N) is 1. The van der Waals surface area contributed by atoms with Crippen molar-refractivity contribution in [2.24, 2.45) is 5.92 Å². The molecule has 1 fully saturated rings. The Labute approximate surface area is 123 Å². The van der Waals surface area contributed by atoms with E-state index in [1.54, 1.807) is 11.3 Å². The summed E-state index contributed by atoms with van der Waals surface area (Å²) in [5, 5.41) is 4.13. The molecule has 1 N–H and O–H groups in total. The summed E-state index contributed by atoms with van der Waals surface area (Å²) in [4.78, 5) is 16.4. The van der Waals surface area contributed by atoms with Crippen molar-refractivity contribution in [3.8, 4) is 0 Å². The maximum atomic E-state index is 11.8. The predicted octanol–water partition coefficient (Wildman–Crippen LogP) is 3.54. The Morgan fingerprint density at radius 3 is 2.90 bits per heavy atom. The van der Waals surface area contributed by atoms with Crippen molar-refractivity contribution in [1.82, 2.24) is 10.3 Å². The molecule has 1 saturated carbocycles. The molecule has 1 aromatic heterocycles. The number of hydrogen-bond donors (Lipinski definition) is 1. The molecule has 1 aliphatic carbocycles. The van der Waals surface area contributed by atoms with E-state index in [9.17, 15) is 4.79 Å². The summed E-state index contributed by atoms with van der Waals surface area (Å²) < 4.78 is 1.22. The first kappa shape index (κ1) is 13.6. The molecule has 3 rings (SSSR count). The van der Waals surface area contributed by atoms with E-state index in [1.165, 1.54) is 30.4 Å². The highest BCUT2D eigenvalue weighted by atomic mass is 32.1. The van der Waals surface area contributed by atoms with Crippen LogP contribution in [0, 0.1) is 5.92 Å². The molecule has 20 heavy (non-hydrogen) atoms. The number of nitrogens with one attached hydrogen (secondary N) is 1. The molecule has 0 spiro atoms. The smallest absolute Gasteiger partial charge is 0.220 e. The fourth-order valence-corrected chi connectivity index (χ4v) is 3.85. The number of para-hydroxylation sites is 1. The van der Waals surface area contributed by atoms with E-state index in [-0.39, 0.29) is 5.91 Å². The van der Waals surface area contributed by atoms with E-state index >= 15 is 0 Å². The zero-order chi connectivity index (χ0) is 13.8. The van der Waals surface area contributed by atoms with Crippen molar-refractivity contribution in [3.63, 3.8) is 0 Å². The molecule has 0 atom stereocenters. The van der Waals surface area contributed by atoms with Gasteiger partial charge in [0.15, 0.2) is 0 Å². The minimum atomic E-state index is 0.206. The average Bonchev–Trinajstić information content (AvgIpc) is 3.07. The minimum Gasteiger partial charge on any atom is -0.356 e. The van der Waals surface area contributed by atoms with Crippen LogP contribution < -0.4 is 5.32 Å². The topological polar surface area (TPSA) is 42.0 Å².